The molecule has 0 radical (unpaired) electrons. The molecular formula is C14H21ClN2O3. The first kappa shape index (κ1) is 16.6. The van der Waals surface area contributed by atoms with E-state index in [1.54, 1.807) is 25.3 Å². The van der Waals surface area contributed by atoms with Gasteiger partial charge in [-0.1, -0.05) is 13.8 Å². The number of amides is 1. The molecule has 1 unspecified atom stereocenters. The average molecular weight is 301 g/mol. The molecule has 0 bridgehead atoms. The highest BCUT2D eigenvalue weighted by atomic mass is 35.5. The van der Waals surface area contributed by atoms with Crippen LogP contribution in [0.15, 0.2) is 18.2 Å². The second-order valence-corrected chi connectivity index (χ2v) is 5.05. The minimum absolute atomic E-state index is 0.0841. The number of rotatable bonds is 7. The Kier molecular flexibility index (Phi) is 6.61. The number of ether oxygens (including phenoxy) is 1. The van der Waals surface area contributed by atoms with Crippen molar-refractivity contribution in [3.05, 3.63) is 18.2 Å². The average Bonchev–Trinajstić information content (AvgIpc) is 2.45. The maximum atomic E-state index is 11.8. The molecule has 1 rings (SSSR count). The molecule has 6 heteroatoms. The van der Waals surface area contributed by atoms with Gasteiger partial charge in [-0.3, -0.25) is 4.79 Å². The van der Waals surface area contributed by atoms with Crippen molar-refractivity contribution in [1.29, 1.82) is 0 Å². The van der Waals surface area contributed by atoms with Gasteiger partial charge in [-0.25, -0.2) is 0 Å². The number of nitrogens with one attached hydrogen (secondary N) is 2. The molecule has 0 saturated heterocycles. The molecule has 3 N–H and O–H groups in total. The summed E-state index contributed by atoms with van der Waals surface area (Å²) in [7, 11) is 1.56. The van der Waals surface area contributed by atoms with Crippen molar-refractivity contribution in [1.82, 2.24) is 0 Å². The number of aliphatic hydroxyl groups is 1. The molecule has 5 nitrogen and oxygen atoms in total. The summed E-state index contributed by atoms with van der Waals surface area (Å²) in [6, 6.07) is 5.30. The fourth-order valence-corrected chi connectivity index (χ4v) is 1.58. The van der Waals surface area contributed by atoms with Crippen molar-refractivity contribution in [3.63, 3.8) is 0 Å². The number of aliphatic hydroxyl groups excluding tert-OH is 1. The van der Waals surface area contributed by atoms with E-state index in [1.165, 1.54) is 0 Å². The van der Waals surface area contributed by atoms with E-state index in [-0.39, 0.29) is 17.7 Å². The van der Waals surface area contributed by atoms with E-state index in [0.717, 1.165) is 0 Å². The van der Waals surface area contributed by atoms with Crippen LogP contribution in [0, 0.1) is 5.92 Å². The number of benzene rings is 1. The Morgan fingerprint density at radius 3 is 2.65 bits per heavy atom. The van der Waals surface area contributed by atoms with Crippen LogP contribution >= 0.6 is 11.6 Å². The van der Waals surface area contributed by atoms with E-state index in [1.807, 2.05) is 13.8 Å². The molecule has 0 aromatic heterocycles. The van der Waals surface area contributed by atoms with E-state index in [2.05, 4.69) is 10.6 Å². The van der Waals surface area contributed by atoms with Gasteiger partial charge in [0.25, 0.3) is 0 Å². The first-order chi connectivity index (χ1) is 9.47. The van der Waals surface area contributed by atoms with Crippen LogP contribution in [0.4, 0.5) is 11.4 Å². The van der Waals surface area contributed by atoms with Gasteiger partial charge in [0, 0.05) is 18.5 Å². The highest BCUT2D eigenvalue weighted by Crippen LogP contribution is 2.27. The minimum atomic E-state index is -0.646. The van der Waals surface area contributed by atoms with E-state index < -0.39 is 6.10 Å². The molecule has 0 aliphatic heterocycles. The summed E-state index contributed by atoms with van der Waals surface area (Å²) >= 11 is 5.55. The van der Waals surface area contributed by atoms with E-state index in [9.17, 15) is 9.90 Å². The second-order valence-electron chi connectivity index (χ2n) is 4.74. The lowest BCUT2D eigenvalue weighted by Crippen LogP contribution is -2.23. The van der Waals surface area contributed by atoms with Crippen LogP contribution in [-0.4, -0.2) is 36.7 Å². The van der Waals surface area contributed by atoms with Crippen LogP contribution in [0.2, 0.25) is 0 Å². The Bertz CT molecular complexity index is 452. The van der Waals surface area contributed by atoms with Crippen LogP contribution in [0.5, 0.6) is 5.75 Å². The Balaban J connectivity index is 2.88. The monoisotopic (exact) mass is 300 g/mol. The summed E-state index contributed by atoms with van der Waals surface area (Å²) in [4.78, 5) is 11.8. The second kappa shape index (κ2) is 7.97. The lowest BCUT2D eigenvalue weighted by Gasteiger charge is -2.16. The van der Waals surface area contributed by atoms with Gasteiger partial charge in [-0.05, 0) is 12.1 Å². The maximum Gasteiger partial charge on any atom is 0.226 e. The fourth-order valence-electron chi connectivity index (χ4n) is 1.47. The smallest absolute Gasteiger partial charge is 0.226 e. The standard InChI is InChI=1S/C14H21ClN2O3/c1-9(2)14(19)17-13-6-11(20-3)4-5-12(13)16-8-10(18)7-15/h4-6,9-10,16,18H,7-8H2,1-3H3,(H,17,19). The van der Waals surface area contributed by atoms with Gasteiger partial charge in [0.05, 0.1) is 30.5 Å². The van der Waals surface area contributed by atoms with Crippen molar-refractivity contribution in [3.8, 4) is 5.75 Å². The molecule has 0 aliphatic rings. The summed E-state index contributed by atoms with van der Waals surface area (Å²) in [6.45, 7) is 3.94. The topological polar surface area (TPSA) is 70.6 Å². The third-order valence-electron chi connectivity index (χ3n) is 2.72. The van der Waals surface area contributed by atoms with E-state index in [0.29, 0.717) is 23.7 Å². The zero-order valence-electron chi connectivity index (χ0n) is 11.9. The van der Waals surface area contributed by atoms with Gasteiger partial charge in [0.15, 0.2) is 0 Å². The number of hydrogen-bond donors (Lipinski definition) is 3. The number of anilines is 2. The predicted octanol–water partition coefficient (Wildman–Crippen LogP) is 2.30. The largest absolute Gasteiger partial charge is 0.497 e. The van der Waals surface area contributed by atoms with Crippen molar-refractivity contribution in [2.75, 3.05) is 30.2 Å². The minimum Gasteiger partial charge on any atom is -0.497 e. The summed E-state index contributed by atoms with van der Waals surface area (Å²) < 4.78 is 5.15. The number of hydrogen-bond acceptors (Lipinski definition) is 4. The molecule has 0 fully saturated rings. The zero-order valence-corrected chi connectivity index (χ0v) is 12.7. The summed E-state index contributed by atoms with van der Waals surface area (Å²) in [5.74, 6) is 0.589. The predicted molar refractivity (Wildman–Crippen MR) is 81.7 cm³/mol. The number of carbonyl (C=O) groups is 1. The fraction of sp³-hybridized carbons (Fsp3) is 0.500. The molecule has 1 aromatic carbocycles. The number of carbonyl (C=O) groups excluding carboxylic acids is 1. The number of halogens is 1. The molecule has 1 atom stereocenters. The van der Waals surface area contributed by atoms with Crippen LogP contribution in [0.25, 0.3) is 0 Å². The maximum absolute atomic E-state index is 11.8. The van der Waals surface area contributed by atoms with Gasteiger partial charge < -0.3 is 20.5 Å². The molecule has 0 saturated carbocycles. The van der Waals surface area contributed by atoms with Crippen LogP contribution in [-0.2, 0) is 4.79 Å². The molecule has 0 heterocycles. The number of alkyl halides is 1. The Labute approximate surface area is 124 Å². The molecule has 1 aromatic rings. The lowest BCUT2D eigenvalue weighted by atomic mass is 10.2. The lowest BCUT2D eigenvalue weighted by molar-refractivity contribution is -0.118. The van der Waals surface area contributed by atoms with Gasteiger partial charge in [0.1, 0.15) is 5.75 Å². The highest BCUT2D eigenvalue weighted by molar-refractivity contribution is 6.18. The molecular weight excluding hydrogens is 280 g/mol. The third kappa shape index (κ3) is 4.90. The van der Waals surface area contributed by atoms with Gasteiger partial charge in [-0.2, -0.15) is 0 Å². The molecule has 112 valence electrons. The Hall–Kier alpha value is -1.46. The molecule has 0 aliphatic carbocycles. The first-order valence-electron chi connectivity index (χ1n) is 6.44. The van der Waals surface area contributed by atoms with Gasteiger partial charge >= 0.3 is 0 Å². The van der Waals surface area contributed by atoms with Gasteiger partial charge in [0.2, 0.25) is 5.91 Å². The summed E-state index contributed by atoms with van der Waals surface area (Å²) in [5, 5.41) is 15.4. The summed E-state index contributed by atoms with van der Waals surface area (Å²) in [6.07, 6.45) is -0.646. The first-order valence-corrected chi connectivity index (χ1v) is 6.98. The van der Waals surface area contributed by atoms with Crippen LogP contribution in [0.3, 0.4) is 0 Å². The molecule has 0 spiro atoms. The SMILES string of the molecule is COc1ccc(NCC(O)CCl)c(NC(=O)C(C)C)c1. The Morgan fingerprint density at radius 2 is 2.10 bits per heavy atom. The van der Waals surface area contributed by atoms with Crippen molar-refractivity contribution >= 4 is 28.9 Å². The molecule has 20 heavy (non-hydrogen) atoms. The van der Waals surface area contributed by atoms with Crippen molar-refractivity contribution < 1.29 is 14.6 Å². The Morgan fingerprint density at radius 1 is 1.40 bits per heavy atom. The number of methoxy groups -OCH3 is 1. The molecule has 1 amide bonds. The normalized spacial score (nSPS) is 12.1. The highest BCUT2D eigenvalue weighted by Gasteiger charge is 2.12. The van der Waals surface area contributed by atoms with E-state index >= 15 is 0 Å². The van der Waals surface area contributed by atoms with Crippen LogP contribution < -0.4 is 15.4 Å². The zero-order chi connectivity index (χ0) is 15.1. The van der Waals surface area contributed by atoms with E-state index in [4.69, 9.17) is 16.3 Å². The van der Waals surface area contributed by atoms with Crippen molar-refractivity contribution in [2.24, 2.45) is 5.92 Å². The van der Waals surface area contributed by atoms with Gasteiger partial charge in [-0.15, -0.1) is 11.6 Å². The summed E-state index contributed by atoms with van der Waals surface area (Å²) in [5.41, 5.74) is 1.33. The van der Waals surface area contributed by atoms with Crippen LogP contribution in [0.1, 0.15) is 13.8 Å². The quantitative estimate of drug-likeness (QED) is 0.676. The van der Waals surface area contributed by atoms with Crippen molar-refractivity contribution in [2.45, 2.75) is 20.0 Å². The third-order valence-corrected chi connectivity index (χ3v) is 3.07.